The minimum absolute atomic E-state index is 0.207. The number of nitriles is 1. The highest BCUT2D eigenvalue weighted by molar-refractivity contribution is 9.10. The molecule has 0 N–H and O–H groups in total. The lowest BCUT2D eigenvalue weighted by Crippen LogP contribution is -1.80. The number of hydrogen-bond acceptors (Lipinski definition) is 2. The number of rotatable bonds is 1. The fraction of sp³-hybridized carbons (Fsp3) is 0.100. The molecule has 2 rings (SSSR count). The molecule has 1 aromatic carbocycles. The van der Waals surface area contributed by atoms with Gasteiger partial charge in [-0.3, -0.25) is 0 Å². The first kappa shape index (κ1) is 9.22. The molecule has 2 aromatic rings. The largest absolute Gasteiger partial charge is 0.461 e. The summed E-state index contributed by atoms with van der Waals surface area (Å²) in [5.41, 5.74) is 0.918. The average Bonchev–Trinajstić information content (AvgIpc) is 2.49. The smallest absolute Gasteiger partial charge is 0.169 e. The normalized spacial score (nSPS) is 10.4. The van der Waals surface area contributed by atoms with Gasteiger partial charge in [0.1, 0.15) is 0 Å². The van der Waals surface area contributed by atoms with Crippen molar-refractivity contribution in [2.24, 2.45) is 0 Å². The van der Waals surface area contributed by atoms with Crippen molar-refractivity contribution in [1.82, 2.24) is 0 Å². The third-order valence-corrected chi connectivity index (χ3v) is 2.40. The Morgan fingerprint density at radius 3 is 3.00 bits per heavy atom. The quantitative estimate of drug-likeness (QED) is 0.781. The summed E-state index contributed by atoms with van der Waals surface area (Å²) in [7, 11) is 0. The number of halogens is 2. The van der Waals surface area contributed by atoms with E-state index in [9.17, 15) is 4.39 Å². The standard InChI is InChI=1S/C10H5BrFNO/c11-7-3-8-6(1-2-13)5-14-10(8)9(12)4-7/h3-5H,1H2. The fourth-order valence-electron chi connectivity index (χ4n) is 1.33. The summed E-state index contributed by atoms with van der Waals surface area (Å²) in [5.74, 6) is -0.418. The molecule has 0 unspecified atom stereocenters. The van der Waals surface area contributed by atoms with Crippen LogP contribution in [0.25, 0.3) is 11.0 Å². The van der Waals surface area contributed by atoms with Gasteiger partial charge in [-0.15, -0.1) is 0 Å². The van der Waals surface area contributed by atoms with E-state index in [1.165, 1.54) is 12.3 Å². The molecule has 0 saturated heterocycles. The van der Waals surface area contributed by atoms with E-state index in [1.54, 1.807) is 6.07 Å². The number of nitrogens with zero attached hydrogens (tertiary/aromatic N) is 1. The Hall–Kier alpha value is -1.34. The van der Waals surface area contributed by atoms with Crippen LogP contribution in [0.15, 0.2) is 27.3 Å². The van der Waals surface area contributed by atoms with Crippen LogP contribution in [-0.2, 0) is 6.42 Å². The Morgan fingerprint density at radius 1 is 1.50 bits per heavy atom. The fourth-order valence-corrected chi connectivity index (χ4v) is 1.76. The molecule has 70 valence electrons. The minimum atomic E-state index is -0.418. The predicted molar refractivity (Wildman–Crippen MR) is 53.2 cm³/mol. The van der Waals surface area contributed by atoms with E-state index in [2.05, 4.69) is 15.9 Å². The molecule has 0 bridgehead atoms. The van der Waals surface area contributed by atoms with Crippen molar-refractivity contribution in [3.8, 4) is 6.07 Å². The summed E-state index contributed by atoms with van der Waals surface area (Å²) in [6.45, 7) is 0. The number of fused-ring (bicyclic) bond motifs is 1. The van der Waals surface area contributed by atoms with Gasteiger partial charge in [0.25, 0.3) is 0 Å². The molecule has 0 saturated carbocycles. The highest BCUT2D eigenvalue weighted by Crippen LogP contribution is 2.27. The average molecular weight is 254 g/mol. The molecular formula is C10H5BrFNO. The molecule has 0 aliphatic heterocycles. The van der Waals surface area contributed by atoms with Crippen LogP contribution in [0.4, 0.5) is 4.39 Å². The predicted octanol–water partition coefficient (Wildman–Crippen LogP) is 3.40. The van der Waals surface area contributed by atoms with E-state index < -0.39 is 5.82 Å². The highest BCUT2D eigenvalue weighted by atomic mass is 79.9. The van der Waals surface area contributed by atoms with Gasteiger partial charge in [0, 0.05) is 15.4 Å². The third kappa shape index (κ3) is 1.40. The third-order valence-electron chi connectivity index (χ3n) is 1.94. The molecule has 0 spiro atoms. The van der Waals surface area contributed by atoms with Crippen molar-refractivity contribution in [3.05, 3.63) is 34.2 Å². The van der Waals surface area contributed by atoms with E-state index in [1.807, 2.05) is 6.07 Å². The monoisotopic (exact) mass is 253 g/mol. The molecule has 1 heterocycles. The molecule has 0 fully saturated rings. The van der Waals surface area contributed by atoms with Gasteiger partial charge < -0.3 is 4.42 Å². The maximum Gasteiger partial charge on any atom is 0.169 e. The second-order valence-corrected chi connectivity index (χ2v) is 3.78. The summed E-state index contributed by atoms with van der Waals surface area (Å²) in [5, 5.41) is 9.19. The van der Waals surface area contributed by atoms with Crippen LogP contribution in [0.3, 0.4) is 0 Å². The maximum absolute atomic E-state index is 13.3. The molecule has 0 aliphatic rings. The summed E-state index contributed by atoms with van der Waals surface area (Å²) >= 11 is 3.19. The van der Waals surface area contributed by atoms with E-state index in [0.29, 0.717) is 15.4 Å². The molecule has 0 aliphatic carbocycles. The SMILES string of the molecule is N#CCc1coc2c(F)cc(Br)cc12. The summed E-state index contributed by atoms with van der Waals surface area (Å²) < 4.78 is 19.0. The van der Waals surface area contributed by atoms with E-state index >= 15 is 0 Å². The van der Waals surface area contributed by atoms with Crippen molar-refractivity contribution in [3.63, 3.8) is 0 Å². The van der Waals surface area contributed by atoms with Crippen LogP contribution in [0.2, 0.25) is 0 Å². The molecular weight excluding hydrogens is 249 g/mol. The van der Waals surface area contributed by atoms with Gasteiger partial charge >= 0.3 is 0 Å². The van der Waals surface area contributed by atoms with Crippen LogP contribution < -0.4 is 0 Å². The van der Waals surface area contributed by atoms with Crippen LogP contribution in [0.5, 0.6) is 0 Å². The number of benzene rings is 1. The lowest BCUT2D eigenvalue weighted by atomic mass is 10.1. The molecule has 1 aromatic heterocycles. The van der Waals surface area contributed by atoms with Crippen LogP contribution in [0.1, 0.15) is 5.56 Å². The molecule has 4 heteroatoms. The van der Waals surface area contributed by atoms with E-state index in [0.717, 1.165) is 0 Å². The Kier molecular flexibility index (Phi) is 2.26. The van der Waals surface area contributed by atoms with E-state index in [4.69, 9.17) is 9.68 Å². The van der Waals surface area contributed by atoms with Crippen molar-refractivity contribution in [2.75, 3.05) is 0 Å². The zero-order valence-corrected chi connectivity index (χ0v) is 8.64. The van der Waals surface area contributed by atoms with Crippen LogP contribution in [-0.4, -0.2) is 0 Å². The maximum atomic E-state index is 13.3. The Labute approximate surface area is 88.1 Å². The summed E-state index contributed by atoms with van der Waals surface area (Å²) in [4.78, 5) is 0. The zero-order chi connectivity index (χ0) is 10.1. The number of hydrogen-bond donors (Lipinski definition) is 0. The van der Waals surface area contributed by atoms with Gasteiger partial charge in [-0.05, 0) is 12.1 Å². The zero-order valence-electron chi connectivity index (χ0n) is 7.05. The van der Waals surface area contributed by atoms with Gasteiger partial charge in [-0.1, -0.05) is 15.9 Å². The van der Waals surface area contributed by atoms with Crippen molar-refractivity contribution in [1.29, 1.82) is 5.26 Å². The summed E-state index contributed by atoms with van der Waals surface area (Å²) in [6.07, 6.45) is 1.65. The van der Waals surface area contributed by atoms with Gasteiger partial charge in [0.05, 0.1) is 18.8 Å². The highest BCUT2D eigenvalue weighted by Gasteiger charge is 2.10. The first-order valence-corrected chi connectivity index (χ1v) is 4.73. The van der Waals surface area contributed by atoms with Gasteiger partial charge in [-0.2, -0.15) is 5.26 Å². The van der Waals surface area contributed by atoms with Gasteiger partial charge in [0.2, 0.25) is 0 Å². The first-order valence-electron chi connectivity index (χ1n) is 3.94. The minimum Gasteiger partial charge on any atom is -0.461 e. The molecule has 0 atom stereocenters. The molecule has 0 amide bonds. The molecule has 14 heavy (non-hydrogen) atoms. The van der Waals surface area contributed by atoms with Crippen molar-refractivity contribution in [2.45, 2.75) is 6.42 Å². The second kappa shape index (κ2) is 3.43. The van der Waals surface area contributed by atoms with E-state index in [-0.39, 0.29) is 12.0 Å². The first-order chi connectivity index (χ1) is 6.72. The summed E-state index contributed by atoms with van der Waals surface area (Å²) in [6, 6.07) is 5.08. The molecule has 2 nitrogen and oxygen atoms in total. The van der Waals surface area contributed by atoms with Gasteiger partial charge in [0.15, 0.2) is 11.4 Å². The van der Waals surface area contributed by atoms with Crippen molar-refractivity contribution < 1.29 is 8.81 Å². The Morgan fingerprint density at radius 2 is 2.29 bits per heavy atom. The topological polar surface area (TPSA) is 36.9 Å². The molecule has 0 radical (unpaired) electrons. The van der Waals surface area contributed by atoms with Crippen LogP contribution in [0, 0.1) is 17.1 Å². The number of furan rings is 1. The van der Waals surface area contributed by atoms with Gasteiger partial charge in [-0.25, -0.2) is 4.39 Å². The Balaban J connectivity index is 2.73. The lowest BCUT2D eigenvalue weighted by Gasteiger charge is -1.94. The Bertz CT molecular complexity index is 527. The second-order valence-electron chi connectivity index (χ2n) is 2.86. The van der Waals surface area contributed by atoms with Crippen molar-refractivity contribution >= 4 is 26.9 Å². The lowest BCUT2D eigenvalue weighted by molar-refractivity contribution is 0.558. The van der Waals surface area contributed by atoms with Crippen LogP contribution >= 0.6 is 15.9 Å².